The average molecular weight is 240 g/mol. The molecule has 0 heterocycles. The lowest BCUT2D eigenvalue weighted by Crippen LogP contribution is -1.89. The van der Waals surface area contributed by atoms with Gasteiger partial charge in [0.2, 0.25) is 0 Å². The van der Waals surface area contributed by atoms with Crippen molar-refractivity contribution in [1.82, 2.24) is 0 Å². The lowest BCUT2D eigenvalue weighted by molar-refractivity contribution is 0.194. The van der Waals surface area contributed by atoms with Crippen LogP contribution < -0.4 is 0 Å². The SMILES string of the molecule is C#C.C=CCOCC=C.O.O=S(=O)(O)O. The first kappa shape index (κ1) is 23.6. The molecule has 4 N–H and O–H groups in total. The van der Waals surface area contributed by atoms with E-state index in [0.717, 1.165) is 0 Å². The number of terminal acetylenes is 1. The fourth-order valence-electron chi connectivity index (χ4n) is 0.235. The Hall–Kier alpha value is -1.17. The maximum Gasteiger partial charge on any atom is 0.394 e. The largest absolute Gasteiger partial charge is 0.412 e. The molecule has 0 aromatic rings. The van der Waals surface area contributed by atoms with E-state index in [1.807, 2.05) is 0 Å². The van der Waals surface area contributed by atoms with Gasteiger partial charge < -0.3 is 10.2 Å². The molecule has 0 rings (SSSR count). The van der Waals surface area contributed by atoms with Crippen LogP contribution in [0.3, 0.4) is 0 Å². The van der Waals surface area contributed by atoms with Gasteiger partial charge in [0.05, 0.1) is 13.2 Å². The lowest BCUT2D eigenvalue weighted by Gasteiger charge is -1.89. The average Bonchev–Trinajstić information content (AvgIpc) is 2.06. The Labute approximate surface area is 90.2 Å². The summed E-state index contributed by atoms with van der Waals surface area (Å²) >= 11 is 0. The van der Waals surface area contributed by atoms with E-state index < -0.39 is 10.4 Å². The zero-order valence-corrected chi connectivity index (χ0v) is 8.98. The minimum atomic E-state index is -4.67. The zero-order chi connectivity index (χ0) is 12.0. The van der Waals surface area contributed by atoms with Crippen LogP contribution in [-0.4, -0.2) is 36.2 Å². The maximum absolute atomic E-state index is 8.74. The summed E-state index contributed by atoms with van der Waals surface area (Å²) in [5, 5.41) is 0. The maximum atomic E-state index is 8.74. The van der Waals surface area contributed by atoms with Crippen LogP contribution in [0.15, 0.2) is 25.3 Å². The minimum absolute atomic E-state index is 0. The molecule has 0 radical (unpaired) electrons. The fourth-order valence-corrected chi connectivity index (χ4v) is 0.235. The van der Waals surface area contributed by atoms with E-state index in [1.165, 1.54) is 0 Å². The zero-order valence-electron chi connectivity index (χ0n) is 8.17. The molecule has 0 saturated carbocycles. The van der Waals surface area contributed by atoms with Crippen molar-refractivity contribution in [1.29, 1.82) is 0 Å². The van der Waals surface area contributed by atoms with Crippen molar-refractivity contribution >= 4 is 10.4 Å². The summed E-state index contributed by atoms with van der Waals surface area (Å²) in [4.78, 5) is 0. The van der Waals surface area contributed by atoms with Gasteiger partial charge in [-0.25, -0.2) is 0 Å². The highest BCUT2D eigenvalue weighted by molar-refractivity contribution is 7.79. The number of hydrogen-bond acceptors (Lipinski definition) is 3. The molecule has 0 saturated heterocycles. The molecule has 0 aliphatic heterocycles. The monoisotopic (exact) mass is 240 g/mol. The van der Waals surface area contributed by atoms with Crippen molar-refractivity contribution in [3.8, 4) is 12.8 Å². The van der Waals surface area contributed by atoms with Crippen LogP contribution >= 0.6 is 0 Å². The van der Waals surface area contributed by atoms with E-state index >= 15 is 0 Å². The van der Waals surface area contributed by atoms with E-state index in [-0.39, 0.29) is 5.48 Å². The summed E-state index contributed by atoms with van der Waals surface area (Å²) in [7, 11) is -4.67. The third kappa shape index (κ3) is 188. The highest BCUT2D eigenvalue weighted by Crippen LogP contribution is 1.72. The topological polar surface area (TPSA) is 115 Å². The summed E-state index contributed by atoms with van der Waals surface area (Å²) in [6.45, 7) is 8.18. The molecule has 0 spiro atoms. The Bertz CT molecular complexity index is 225. The second-order valence-electron chi connectivity index (χ2n) is 1.56. The number of ether oxygens (including phenoxy) is 1. The second kappa shape index (κ2) is 18.6. The van der Waals surface area contributed by atoms with Crippen LogP contribution in [-0.2, 0) is 15.1 Å². The standard InChI is InChI=1S/C6H10O.C2H2.H2O4S.H2O/c1-3-5-7-6-4-2;1-2;1-5(2,3)4;/h3-4H,1-2,5-6H2;1-2H;(H2,1,2,3,4);1H2. The smallest absolute Gasteiger partial charge is 0.394 e. The lowest BCUT2D eigenvalue weighted by atomic mass is 10.6. The van der Waals surface area contributed by atoms with Gasteiger partial charge in [-0.3, -0.25) is 9.11 Å². The molecule has 0 aromatic carbocycles. The quantitative estimate of drug-likeness (QED) is 0.314. The summed E-state index contributed by atoms with van der Waals surface area (Å²) in [5.41, 5.74) is 0. The molecule has 0 aromatic heterocycles. The first-order valence-corrected chi connectivity index (χ1v) is 4.64. The van der Waals surface area contributed by atoms with Crippen molar-refractivity contribution in [3.63, 3.8) is 0 Å². The molecule has 0 unspecified atom stereocenters. The molecular weight excluding hydrogens is 224 g/mol. The predicted octanol–water partition coefficient (Wildman–Crippen LogP) is 0.147. The van der Waals surface area contributed by atoms with Crippen molar-refractivity contribution < 1.29 is 27.7 Å². The van der Waals surface area contributed by atoms with Gasteiger partial charge in [-0.05, 0) is 0 Å². The van der Waals surface area contributed by atoms with Gasteiger partial charge in [0.25, 0.3) is 0 Å². The summed E-state index contributed by atoms with van der Waals surface area (Å²) in [5.74, 6) is 0. The number of rotatable bonds is 4. The minimum Gasteiger partial charge on any atom is -0.412 e. The fraction of sp³-hybridized carbons (Fsp3) is 0.250. The van der Waals surface area contributed by atoms with Gasteiger partial charge in [-0.1, -0.05) is 12.2 Å². The molecule has 0 bridgehead atoms. The Kier molecular flexibility index (Phi) is 29.2. The first-order valence-electron chi connectivity index (χ1n) is 3.24. The van der Waals surface area contributed by atoms with Crippen molar-refractivity contribution in [2.45, 2.75) is 0 Å². The molecule has 0 aliphatic carbocycles. The van der Waals surface area contributed by atoms with Gasteiger partial charge in [0, 0.05) is 0 Å². The first-order chi connectivity index (χ1) is 6.41. The Morgan fingerprint density at radius 2 is 1.33 bits per heavy atom. The normalized spacial score (nSPS) is 7.73. The van der Waals surface area contributed by atoms with E-state index in [2.05, 4.69) is 26.0 Å². The molecule has 6 nitrogen and oxygen atoms in total. The van der Waals surface area contributed by atoms with Crippen LogP contribution in [0, 0.1) is 12.8 Å². The molecule has 0 aliphatic rings. The van der Waals surface area contributed by atoms with Crippen LogP contribution in [0.4, 0.5) is 0 Å². The van der Waals surface area contributed by atoms with Gasteiger partial charge in [0.1, 0.15) is 0 Å². The molecule has 0 fully saturated rings. The van der Waals surface area contributed by atoms with E-state index in [9.17, 15) is 0 Å². The highest BCUT2D eigenvalue weighted by Gasteiger charge is 1.84. The Morgan fingerprint density at radius 1 is 1.13 bits per heavy atom. The highest BCUT2D eigenvalue weighted by atomic mass is 32.3. The number of hydrogen-bond donors (Lipinski definition) is 2. The second-order valence-corrected chi connectivity index (χ2v) is 2.46. The molecule has 0 atom stereocenters. The Balaban J connectivity index is -0.0000000675. The van der Waals surface area contributed by atoms with Crippen molar-refractivity contribution in [3.05, 3.63) is 25.3 Å². The van der Waals surface area contributed by atoms with E-state index in [1.54, 1.807) is 12.2 Å². The molecule has 0 amide bonds. The van der Waals surface area contributed by atoms with Gasteiger partial charge in [-0.15, -0.1) is 26.0 Å². The van der Waals surface area contributed by atoms with Crippen LogP contribution in [0.5, 0.6) is 0 Å². The Morgan fingerprint density at radius 3 is 1.47 bits per heavy atom. The summed E-state index contributed by atoms with van der Waals surface area (Å²) in [6, 6.07) is 0. The van der Waals surface area contributed by atoms with Gasteiger partial charge >= 0.3 is 10.4 Å². The van der Waals surface area contributed by atoms with E-state index in [0.29, 0.717) is 13.2 Å². The third-order valence-corrected chi connectivity index (χ3v) is 0.471. The molecule has 15 heavy (non-hydrogen) atoms. The van der Waals surface area contributed by atoms with Crippen LogP contribution in [0.25, 0.3) is 0 Å². The third-order valence-electron chi connectivity index (χ3n) is 0.471. The van der Waals surface area contributed by atoms with Crippen LogP contribution in [0.1, 0.15) is 0 Å². The summed E-state index contributed by atoms with van der Waals surface area (Å²) < 4.78 is 36.5. The van der Waals surface area contributed by atoms with Gasteiger partial charge in [-0.2, -0.15) is 8.42 Å². The molecule has 90 valence electrons. The summed E-state index contributed by atoms with van der Waals surface area (Å²) in [6.07, 6.45) is 11.4. The van der Waals surface area contributed by atoms with Crippen molar-refractivity contribution in [2.75, 3.05) is 13.2 Å². The van der Waals surface area contributed by atoms with Gasteiger partial charge in [0.15, 0.2) is 0 Å². The predicted molar refractivity (Wildman–Crippen MR) is 58.9 cm³/mol. The molecular formula is C8H16O6S. The van der Waals surface area contributed by atoms with Crippen molar-refractivity contribution in [2.24, 2.45) is 0 Å². The van der Waals surface area contributed by atoms with Crippen LogP contribution in [0.2, 0.25) is 0 Å². The molecule has 7 heteroatoms. The van der Waals surface area contributed by atoms with E-state index in [4.69, 9.17) is 22.3 Å².